The number of hydrogen-bond donors (Lipinski definition) is 2. The molecule has 1 aromatic rings. The molecule has 240 valence electrons. The van der Waals surface area contributed by atoms with Gasteiger partial charge in [-0.3, -0.25) is 4.90 Å². The number of benzene rings is 1. The van der Waals surface area contributed by atoms with Gasteiger partial charge in [-0.25, -0.2) is 4.79 Å². The fourth-order valence-electron chi connectivity index (χ4n) is 11.5. The second kappa shape index (κ2) is 11.2. The number of piperidine rings is 1. The standard InChI is InChI=1S/C31H43NO6.ClHO4/c1-5-32-16-29(17-35-2)12-11-24(37-4)31-20-13-19-22(36-3)15-30(34,21(27(31)32)14-23(29)31)25(20)26(19)38-28(33)18-9-7-6-8-10-18;2-1(3,4)5/h6-10,19-27,34H,5,11-17H2,1-4H3;(H,2,3,4,5)/t19-,20?,21+,22+,23?,24+,25?,26+,27?,29+,30+,31-;/m1./s1. The summed E-state index contributed by atoms with van der Waals surface area (Å²) >= 11 is 0. The molecule has 1 heterocycles. The monoisotopic (exact) mass is 625 g/mol. The molecular formula is C31H44ClNO10. The highest BCUT2D eigenvalue weighted by Gasteiger charge is 2.84. The fraction of sp³-hybridized carbons (Fsp3) is 0.774. The summed E-state index contributed by atoms with van der Waals surface area (Å²) in [5, 5.41) is 12.9. The molecule has 11 nitrogen and oxygen atoms in total. The molecule has 1 spiro atoms. The molecule has 6 aliphatic rings. The van der Waals surface area contributed by atoms with Gasteiger partial charge in [0.25, 0.3) is 0 Å². The molecule has 7 bridgehead atoms. The third-order valence-electron chi connectivity index (χ3n) is 12.4. The van der Waals surface area contributed by atoms with E-state index >= 15 is 0 Å². The quantitative estimate of drug-likeness (QED) is 0.367. The van der Waals surface area contributed by atoms with Crippen LogP contribution in [0.2, 0.25) is 0 Å². The Morgan fingerprint density at radius 2 is 1.79 bits per heavy atom. The second-order valence-corrected chi connectivity index (χ2v) is 14.4. The lowest BCUT2D eigenvalue weighted by Crippen LogP contribution is -2.76. The van der Waals surface area contributed by atoms with E-state index in [1.807, 2.05) is 44.6 Å². The Morgan fingerprint density at radius 1 is 1.09 bits per heavy atom. The average Bonchev–Trinajstić information content (AvgIpc) is 3.41. The minimum Gasteiger partial charge on any atom is -0.458 e. The lowest BCUT2D eigenvalue weighted by Gasteiger charge is -2.69. The van der Waals surface area contributed by atoms with Crippen LogP contribution in [0.4, 0.5) is 0 Å². The molecule has 4 unspecified atom stereocenters. The molecule has 0 radical (unpaired) electrons. The van der Waals surface area contributed by atoms with Gasteiger partial charge in [0.1, 0.15) is 6.10 Å². The van der Waals surface area contributed by atoms with E-state index < -0.39 is 15.8 Å². The van der Waals surface area contributed by atoms with Crippen molar-refractivity contribution in [2.24, 2.45) is 40.4 Å². The summed E-state index contributed by atoms with van der Waals surface area (Å²) < 4.78 is 57.6. The van der Waals surface area contributed by atoms with Crippen molar-refractivity contribution in [3.05, 3.63) is 35.9 Å². The Morgan fingerprint density at radius 3 is 2.40 bits per heavy atom. The molecule has 7 rings (SSSR count). The van der Waals surface area contributed by atoms with Crippen LogP contribution in [0, 0.1) is 50.7 Å². The molecule has 1 saturated heterocycles. The Kier molecular flexibility index (Phi) is 8.19. The molecule has 0 amide bonds. The first-order chi connectivity index (χ1) is 20.4. The topological polar surface area (TPSA) is 167 Å². The predicted molar refractivity (Wildman–Crippen MR) is 143 cm³/mol. The van der Waals surface area contributed by atoms with E-state index in [1.165, 1.54) is 0 Å². The summed E-state index contributed by atoms with van der Waals surface area (Å²) in [5.74, 6) is 0.395. The van der Waals surface area contributed by atoms with Crippen molar-refractivity contribution in [3.8, 4) is 0 Å². The molecule has 1 aromatic carbocycles. The summed E-state index contributed by atoms with van der Waals surface area (Å²) in [6.07, 6.45) is 4.25. The number of carbonyl (C=O) groups is 1. The molecule has 2 N–H and O–H groups in total. The van der Waals surface area contributed by atoms with Crippen LogP contribution >= 0.6 is 0 Å². The molecular weight excluding hydrogens is 582 g/mol. The minimum absolute atomic E-state index is 0.0645. The zero-order valence-corrected chi connectivity index (χ0v) is 26.0. The number of nitrogens with zero attached hydrogens (tertiary/aromatic N) is 1. The molecule has 0 aromatic heterocycles. The van der Waals surface area contributed by atoms with E-state index in [9.17, 15) is 9.90 Å². The molecule has 5 saturated carbocycles. The number of carbonyl (C=O) groups excluding carboxylic acids is 1. The van der Waals surface area contributed by atoms with Crippen LogP contribution in [0.5, 0.6) is 0 Å². The number of aliphatic hydroxyl groups is 1. The van der Waals surface area contributed by atoms with Crippen LogP contribution in [-0.4, -0.2) is 91.6 Å². The SMILES string of the molecule is CCN1C[C@]2(COC)CC[C@H](OC)[C@@]34C5C[C@@H]6[C@@H](OC)C[C@@](O)(C5[C@H]6OC(=O)c5ccccc5)[C@@H](CC23)C14.[O-][Cl+3]([O-])([O-])O. The second-order valence-electron chi connectivity index (χ2n) is 13.6. The first-order valence-electron chi connectivity index (χ1n) is 15.3. The van der Waals surface area contributed by atoms with Crippen LogP contribution in [0.3, 0.4) is 0 Å². The van der Waals surface area contributed by atoms with Gasteiger partial charge in [-0.1, -0.05) is 25.1 Å². The van der Waals surface area contributed by atoms with Crippen LogP contribution in [0.15, 0.2) is 30.3 Å². The van der Waals surface area contributed by atoms with E-state index in [-0.39, 0.29) is 64.8 Å². The Hall–Kier alpha value is -1.38. The molecule has 5 aliphatic carbocycles. The van der Waals surface area contributed by atoms with Gasteiger partial charge < -0.3 is 24.1 Å². The van der Waals surface area contributed by atoms with Crippen molar-refractivity contribution in [2.75, 3.05) is 41.0 Å². The fourth-order valence-corrected chi connectivity index (χ4v) is 11.5. The van der Waals surface area contributed by atoms with Gasteiger partial charge in [0.2, 0.25) is 0 Å². The third-order valence-corrected chi connectivity index (χ3v) is 12.4. The largest absolute Gasteiger partial charge is 0.458 e. The number of likely N-dealkylation sites (tertiary alicyclic amines) is 1. The van der Waals surface area contributed by atoms with E-state index in [0.29, 0.717) is 17.9 Å². The van der Waals surface area contributed by atoms with Crippen molar-refractivity contribution < 1.29 is 57.7 Å². The lowest BCUT2D eigenvalue weighted by atomic mass is 9.43. The van der Waals surface area contributed by atoms with Crippen molar-refractivity contribution in [2.45, 2.75) is 69.0 Å². The molecule has 12 heteroatoms. The number of fused-ring (bicyclic) bond motifs is 2. The van der Waals surface area contributed by atoms with E-state index in [1.54, 1.807) is 7.11 Å². The number of rotatable bonds is 7. The molecule has 1 aliphatic heterocycles. The maximum absolute atomic E-state index is 13.4. The van der Waals surface area contributed by atoms with Crippen LogP contribution in [0.1, 0.15) is 49.4 Å². The number of esters is 1. The third kappa shape index (κ3) is 4.61. The smallest absolute Gasteiger partial charge is 0.338 e. The number of ether oxygens (including phenoxy) is 4. The minimum atomic E-state index is -4.69. The number of halogens is 1. The van der Waals surface area contributed by atoms with Gasteiger partial charge in [0.15, 0.2) is 0 Å². The van der Waals surface area contributed by atoms with Crippen LogP contribution < -0.4 is 14.0 Å². The highest BCUT2D eigenvalue weighted by Crippen LogP contribution is 2.79. The summed E-state index contributed by atoms with van der Waals surface area (Å²) in [6, 6.07) is 9.52. The van der Waals surface area contributed by atoms with Crippen molar-refractivity contribution in [1.29, 1.82) is 0 Å². The van der Waals surface area contributed by atoms with Gasteiger partial charge in [0.05, 0.1) is 44.9 Å². The van der Waals surface area contributed by atoms with Crippen molar-refractivity contribution in [3.63, 3.8) is 0 Å². The number of hydrogen-bond acceptors (Lipinski definition) is 11. The van der Waals surface area contributed by atoms with Crippen LogP contribution in [-0.2, 0) is 18.9 Å². The van der Waals surface area contributed by atoms with Gasteiger partial charge in [-0.05, 0) is 56.2 Å². The normalized spacial score (nSPS) is 45.7. The predicted octanol–water partition coefficient (Wildman–Crippen LogP) is -0.728. The van der Waals surface area contributed by atoms with Crippen molar-refractivity contribution >= 4 is 5.97 Å². The lowest BCUT2D eigenvalue weighted by molar-refractivity contribution is -1.92. The van der Waals surface area contributed by atoms with Crippen molar-refractivity contribution in [1.82, 2.24) is 4.90 Å². The van der Waals surface area contributed by atoms with Crippen LogP contribution in [0.25, 0.3) is 0 Å². The first kappa shape index (κ1) is 31.6. The molecule has 6 fully saturated rings. The summed E-state index contributed by atoms with van der Waals surface area (Å²) in [7, 11) is 0.778. The summed E-state index contributed by atoms with van der Waals surface area (Å²) in [5.41, 5.74) is -0.405. The highest BCUT2D eigenvalue weighted by molar-refractivity contribution is 5.89. The zero-order chi connectivity index (χ0) is 30.9. The van der Waals surface area contributed by atoms with Gasteiger partial charge in [-0.15, -0.1) is 0 Å². The molecule has 12 atom stereocenters. The zero-order valence-electron chi connectivity index (χ0n) is 25.2. The maximum atomic E-state index is 13.4. The van der Waals surface area contributed by atoms with E-state index in [0.717, 1.165) is 45.4 Å². The first-order valence-corrected chi connectivity index (χ1v) is 16.6. The Bertz CT molecular complexity index is 1180. The van der Waals surface area contributed by atoms with Gasteiger partial charge in [0, 0.05) is 68.9 Å². The summed E-state index contributed by atoms with van der Waals surface area (Å²) in [6.45, 7) is 4.99. The van der Waals surface area contributed by atoms with Gasteiger partial charge in [-0.2, -0.15) is 14.0 Å². The summed E-state index contributed by atoms with van der Waals surface area (Å²) in [4.78, 5) is 16.1. The van der Waals surface area contributed by atoms with Gasteiger partial charge >= 0.3 is 5.97 Å². The molecule has 43 heavy (non-hydrogen) atoms. The van der Waals surface area contributed by atoms with E-state index in [2.05, 4.69) is 11.8 Å². The maximum Gasteiger partial charge on any atom is 0.338 e. The Labute approximate surface area is 254 Å². The van der Waals surface area contributed by atoms with E-state index in [4.69, 9.17) is 37.6 Å². The number of methoxy groups -OCH3 is 3. The highest BCUT2D eigenvalue weighted by atomic mass is 35.7. The Balaban J connectivity index is 0.000000611. The average molecular weight is 626 g/mol.